The minimum absolute atomic E-state index is 0.160. The van der Waals surface area contributed by atoms with Crippen molar-refractivity contribution in [2.75, 3.05) is 20.8 Å². The van der Waals surface area contributed by atoms with Crippen LogP contribution in [0.15, 0.2) is 39.4 Å². The Hall–Kier alpha value is -3.14. The van der Waals surface area contributed by atoms with Gasteiger partial charge in [0.25, 0.3) is 5.91 Å². The summed E-state index contributed by atoms with van der Waals surface area (Å²) in [5, 5.41) is 10.5. The third-order valence-electron chi connectivity index (χ3n) is 3.18. The maximum Gasteiger partial charge on any atom is 0.337 e. The molecule has 0 aliphatic carbocycles. The van der Waals surface area contributed by atoms with Crippen molar-refractivity contribution >= 4 is 41.0 Å². The first-order valence-electron chi connectivity index (χ1n) is 7.73. The van der Waals surface area contributed by atoms with Crippen LogP contribution in [0.2, 0.25) is 0 Å². The highest BCUT2D eigenvalue weighted by Crippen LogP contribution is 2.24. The van der Waals surface area contributed by atoms with Crippen LogP contribution in [-0.2, 0) is 19.1 Å². The van der Waals surface area contributed by atoms with E-state index in [1.54, 1.807) is 18.2 Å². The van der Waals surface area contributed by atoms with Crippen LogP contribution in [-0.4, -0.2) is 50.1 Å². The van der Waals surface area contributed by atoms with Crippen molar-refractivity contribution < 1.29 is 28.6 Å². The summed E-state index contributed by atoms with van der Waals surface area (Å²) >= 11 is 0.965. The van der Waals surface area contributed by atoms with Gasteiger partial charge < -0.3 is 14.2 Å². The molecule has 1 aromatic rings. The van der Waals surface area contributed by atoms with Crippen LogP contribution in [0.3, 0.4) is 0 Å². The van der Waals surface area contributed by atoms with Gasteiger partial charge in [-0.1, -0.05) is 0 Å². The molecule has 1 aliphatic heterocycles. The summed E-state index contributed by atoms with van der Waals surface area (Å²) in [5.41, 5.74) is 0.939. The number of nitrogens with zero attached hydrogens (tertiary/aromatic N) is 2. The van der Waals surface area contributed by atoms with Crippen LogP contribution >= 0.6 is 11.8 Å². The van der Waals surface area contributed by atoms with Gasteiger partial charge in [-0.3, -0.25) is 10.1 Å². The molecule has 9 nitrogen and oxygen atoms in total. The van der Waals surface area contributed by atoms with Crippen LogP contribution in [0.4, 0.5) is 0 Å². The van der Waals surface area contributed by atoms with Crippen molar-refractivity contribution in [1.29, 1.82) is 0 Å². The maximum absolute atomic E-state index is 11.7. The lowest BCUT2D eigenvalue weighted by Crippen LogP contribution is -2.19. The number of amides is 1. The van der Waals surface area contributed by atoms with Crippen molar-refractivity contribution in [3.05, 3.63) is 40.3 Å². The van der Waals surface area contributed by atoms with Gasteiger partial charge in [0, 0.05) is 11.6 Å². The van der Waals surface area contributed by atoms with Gasteiger partial charge in [-0.2, -0.15) is 5.10 Å². The zero-order chi connectivity index (χ0) is 19.8. The summed E-state index contributed by atoms with van der Waals surface area (Å²) in [5.74, 6) is -1.13. The molecule has 0 aromatic heterocycles. The molecule has 2 rings (SSSR count). The minimum atomic E-state index is -0.635. The van der Waals surface area contributed by atoms with E-state index in [1.807, 2.05) is 6.92 Å². The smallest absolute Gasteiger partial charge is 0.337 e. The number of methoxy groups -OCH3 is 2. The number of hydrogen-bond acceptors (Lipinski definition) is 9. The fourth-order valence-electron chi connectivity index (χ4n) is 1.95. The predicted octanol–water partition coefficient (Wildman–Crippen LogP) is 1.48. The zero-order valence-electron chi connectivity index (χ0n) is 14.8. The van der Waals surface area contributed by atoms with Crippen molar-refractivity contribution in [2.45, 2.75) is 6.92 Å². The summed E-state index contributed by atoms with van der Waals surface area (Å²) in [6, 6.07) is 4.77. The Balaban J connectivity index is 2.17. The first-order chi connectivity index (χ1) is 13.0. The zero-order valence-corrected chi connectivity index (χ0v) is 15.7. The molecule has 0 spiro atoms. The molecule has 1 heterocycles. The molecular formula is C17H17N3O6S. The molecule has 1 N–H and O–H groups in total. The largest absolute Gasteiger partial charge is 0.493 e. The van der Waals surface area contributed by atoms with Crippen molar-refractivity contribution in [2.24, 2.45) is 10.2 Å². The second kappa shape index (κ2) is 9.53. The number of benzene rings is 1. The van der Waals surface area contributed by atoms with E-state index in [0.29, 0.717) is 23.5 Å². The third kappa shape index (κ3) is 5.42. The summed E-state index contributed by atoms with van der Waals surface area (Å²) in [6.45, 7) is 2.21. The fraction of sp³-hybridized carbons (Fsp3) is 0.235. The standard InChI is InChI=1S/C17H17N3O6S/c1-4-26-12-7-10(16(23)25-3)5-6-11(12)9-18-20-17-19-15(22)13(27-17)8-14(21)24-2/h5-9H,4H2,1-3H3,(H,19,20,22)/b13-8+,18-9?. The molecule has 1 fully saturated rings. The van der Waals surface area contributed by atoms with Gasteiger partial charge in [-0.25, -0.2) is 9.59 Å². The van der Waals surface area contributed by atoms with E-state index in [-0.39, 0.29) is 10.1 Å². The average molecular weight is 391 g/mol. The van der Waals surface area contributed by atoms with Gasteiger partial charge in [0.05, 0.1) is 37.5 Å². The van der Waals surface area contributed by atoms with Crippen LogP contribution in [0.25, 0.3) is 0 Å². The summed E-state index contributed by atoms with van der Waals surface area (Å²) < 4.78 is 14.7. The van der Waals surface area contributed by atoms with Gasteiger partial charge in [0.1, 0.15) is 5.75 Å². The van der Waals surface area contributed by atoms with Gasteiger partial charge >= 0.3 is 11.9 Å². The van der Waals surface area contributed by atoms with Crippen molar-refractivity contribution in [3.8, 4) is 5.75 Å². The molecule has 1 amide bonds. The van der Waals surface area contributed by atoms with E-state index in [9.17, 15) is 14.4 Å². The SMILES string of the molecule is CCOc1cc(C(=O)OC)ccc1C=N/N=C1/NC(=O)/C(=C\C(=O)OC)S1. The van der Waals surface area contributed by atoms with E-state index in [2.05, 4.69) is 25.0 Å². The average Bonchev–Trinajstić information content (AvgIpc) is 3.01. The maximum atomic E-state index is 11.7. The van der Waals surface area contributed by atoms with Gasteiger partial charge in [-0.15, -0.1) is 5.10 Å². The number of carbonyl (C=O) groups excluding carboxylic acids is 3. The monoisotopic (exact) mass is 391 g/mol. The van der Waals surface area contributed by atoms with Gasteiger partial charge in [0.2, 0.25) is 0 Å². The second-order valence-corrected chi connectivity index (χ2v) is 5.95. The normalized spacial score (nSPS) is 16.6. The second-order valence-electron chi connectivity index (χ2n) is 4.91. The van der Waals surface area contributed by atoms with Crippen LogP contribution in [0.1, 0.15) is 22.8 Å². The number of nitrogens with one attached hydrogen (secondary N) is 1. The predicted molar refractivity (Wildman–Crippen MR) is 99.8 cm³/mol. The summed E-state index contributed by atoms with van der Waals surface area (Å²) in [6.07, 6.45) is 2.50. The molecule has 1 saturated heterocycles. The Kier molecular flexibility index (Phi) is 7.12. The van der Waals surface area contributed by atoms with Crippen LogP contribution in [0.5, 0.6) is 5.75 Å². The van der Waals surface area contributed by atoms with Crippen LogP contribution < -0.4 is 10.1 Å². The first kappa shape index (κ1) is 20.2. The lowest BCUT2D eigenvalue weighted by Gasteiger charge is -2.08. The van der Waals surface area contributed by atoms with E-state index in [1.165, 1.54) is 20.4 Å². The fourth-order valence-corrected chi connectivity index (χ4v) is 2.69. The number of ether oxygens (including phenoxy) is 3. The molecule has 142 valence electrons. The van der Waals surface area contributed by atoms with E-state index >= 15 is 0 Å². The molecule has 1 aromatic carbocycles. The summed E-state index contributed by atoms with van der Waals surface area (Å²) in [7, 11) is 2.52. The van der Waals surface area contributed by atoms with E-state index < -0.39 is 17.8 Å². The summed E-state index contributed by atoms with van der Waals surface area (Å²) in [4.78, 5) is 34.7. The molecule has 10 heteroatoms. The minimum Gasteiger partial charge on any atom is -0.493 e. The lowest BCUT2D eigenvalue weighted by molar-refractivity contribution is -0.135. The van der Waals surface area contributed by atoms with Gasteiger partial charge in [0.15, 0.2) is 5.17 Å². The first-order valence-corrected chi connectivity index (χ1v) is 8.55. The number of rotatable bonds is 6. The third-order valence-corrected chi connectivity index (χ3v) is 4.08. The topological polar surface area (TPSA) is 116 Å². The Bertz CT molecular complexity index is 847. The highest BCUT2D eigenvalue weighted by Gasteiger charge is 2.25. The quantitative estimate of drug-likeness (QED) is 0.338. The number of hydrogen-bond donors (Lipinski definition) is 1. The molecule has 0 atom stereocenters. The number of amidine groups is 1. The van der Waals surface area contributed by atoms with Crippen LogP contribution in [0, 0.1) is 0 Å². The molecule has 0 radical (unpaired) electrons. The Morgan fingerprint density at radius 2 is 2.04 bits per heavy atom. The molecule has 1 aliphatic rings. The molecule has 0 bridgehead atoms. The molecule has 27 heavy (non-hydrogen) atoms. The highest BCUT2D eigenvalue weighted by atomic mass is 32.2. The number of carbonyl (C=O) groups is 3. The number of thioether (sulfide) groups is 1. The van der Waals surface area contributed by atoms with E-state index in [0.717, 1.165) is 17.8 Å². The highest BCUT2D eigenvalue weighted by molar-refractivity contribution is 8.18. The number of esters is 2. The molecular weight excluding hydrogens is 374 g/mol. The van der Waals surface area contributed by atoms with Crippen molar-refractivity contribution in [3.63, 3.8) is 0 Å². The lowest BCUT2D eigenvalue weighted by atomic mass is 10.1. The molecule has 0 unspecified atom stereocenters. The van der Waals surface area contributed by atoms with E-state index in [4.69, 9.17) is 4.74 Å². The Labute approximate surface area is 159 Å². The Morgan fingerprint density at radius 1 is 1.26 bits per heavy atom. The van der Waals surface area contributed by atoms with Gasteiger partial charge in [-0.05, 0) is 36.9 Å². The molecule has 0 saturated carbocycles. The van der Waals surface area contributed by atoms with Crippen molar-refractivity contribution in [1.82, 2.24) is 5.32 Å². The Morgan fingerprint density at radius 3 is 2.70 bits per heavy atom.